The summed E-state index contributed by atoms with van der Waals surface area (Å²) in [5.41, 5.74) is 6.28. The average Bonchev–Trinajstić information content (AvgIpc) is 3.32. The van der Waals surface area contributed by atoms with Crippen LogP contribution in [0.1, 0.15) is 17.0 Å². The second kappa shape index (κ2) is 7.24. The molecule has 0 unspecified atom stereocenters. The van der Waals surface area contributed by atoms with E-state index in [-0.39, 0.29) is 0 Å². The molecule has 0 atom stereocenters. The monoisotopic (exact) mass is 437 g/mol. The van der Waals surface area contributed by atoms with Gasteiger partial charge in [0.15, 0.2) is 5.82 Å². The lowest BCUT2D eigenvalue weighted by atomic mass is 10.0. The van der Waals surface area contributed by atoms with Gasteiger partial charge in [0.25, 0.3) is 0 Å². The van der Waals surface area contributed by atoms with Crippen LogP contribution in [0.3, 0.4) is 0 Å². The third-order valence-electron chi connectivity index (χ3n) is 4.84. The molecule has 7 heteroatoms. The van der Waals surface area contributed by atoms with Crippen molar-refractivity contribution >= 4 is 27.3 Å². The van der Waals surface area contributed by atoms with Crippen LogP contribution in [-0.2, 0) is 0 Å². The molecule has 0 N–H and O–H groups in total. The Morgan fingerprint density at radius 2 is 1.96 bits per heavy atom. The smallest absolute Gasteiger partial charge is 0.152 e. The van der Waals surface area contributed by atoms with Crippen LogP contribution in [0.4, 0.5) is 11.4 Å². The Bertz CT molecular complexity index is 1110. The first kappa shape index (κ1) is 18.4. The fraction of sp³-hybridized carbons (Fsp3) is 0.190. The van der Waals surface area contributed by atoms with Crippen molar-refractivity contribution in [3.05, 3.63) is 70.7 Å². The maximum Gasteiger partial charge on any atom is 0.152 e. The van der Waals surface area contributed by atoms with Crippen LogP contribution in [0.15, 0.2) is 58.2 Å². The van der Waals surface area contributed by atoms with Gasteiger partial charge in [-0.2, -0.15) is 0 Å². The first-order valence-corrected chi connectivity index (χ1v) is 9.66. The molecule has 1 aromatic carbocycles. The Kier molecular flexibility index (Phi) is 4.77. The Morgan fingerprint density at radius 3 is 2.61 bits per heavy atom. The molecule has 0 saturated carbocycles. The summed E-state index contributed by atoms with van der Waals surface area (Å²) in [5, 5.41) is 4.08. The molecular formula is C21H20BrN5O. The van der Waals surface area contributed by atoms with Crippen LogP contribution < -0.4 is 4.90 Å². The van der Waals surface area contributed by atoms with Gasteiger partial charge in [0.05, 0.1) is 22.1 Å². The first-order valence-electron chi connectivity index (χ1n) is 8.87. The van der Waals surface area contributed by atoms with Gasteiger partial charge in [-0.25, -0.2) is 9.97 Å². The van der Waals surface area contributed by atoms with E-state index in [0.29, 0.717) is 0 Å². The molecule has 0 aliphatic rings. The molecule has 6 nitrogen and oxygen atoms in total. The van der Waals surface area contributed by atoms with Gasteiger partial charge in [0, 0.05) is 30.7 Å². The molecule has 0 spiro atoms. The average molecular weight is 438 g/mol. The number of aryl methyl sites for hydroxylation is 3. The second-order valence-electron chi connectivity index (χ2n) is 6.73. The van der Waals surface area contributed by atoms with Gasteiger partial charge in [-0.1, -0.05) is 17.3 Å². The third kappa shape index (κ3) is 3.22. The van der Waals surface area contributed by atoms with E-state index < -0.39 is 0 Å². The van der Waals surface area contributed by atoms with Crippen LogP contribution in [0.2, 0.25) is 0 Å². The number of benzene rings is 1. The summed E-state index contributed by atoms with van der Waals surface area (Å²) in [5.74, 6) is 1.62. The van der Waals surface area contributed by atoms with Crippen molar-refractivity contribution in [2.45, 2.75) is 20.8 Å². The molecular weight excluding hydrogens is 418 g/mol. The van der Waals surface area contributed by atoms with Crippen molar-refractivity contribution in [1.82, 2.24) is 19.7 Å². The van der Waals surface area contributed by atoms with Gasteiger partial charge in [0.2, 0.25) is 0 Å². The summed E-state index contributed by atoms with van der Waals surface area (Å²) >= 11 is 3.63. The number of pyridine rings is 1. The molecule has 0 aliphatic heterocycles. The Balaban J connectivity index is 1.73. The van der Waals surface area contributed by atoms with Gasteiger partial charge >= 0.3 is 0 Å². The summed E-state index contributed by atoms with van der Waals surface area (Å²) in [6.45, 7) is 6.00. The zero-order valence-corrected chi connectivity index (χ0v) is 17.7. The Hall–Kier alpha value is -2.93. The first-order chi connectivity index (χ1) is 13.5. The Labute approximate surface area is 172 Å². The highest BCUT2D eigenvalue weighted by molar-refractivity contribution is 9.10. The molecule has 4 aromatic rings. The van der Waals surface area contributed by atoms with Crippen molar-refractivity contribution in [2.75, 3.05) is 11.9 Å². The molecule has 0 saturated heterocycles. The van der Waals surface area contributed by atoms with Gasteiger partial charge in [0.1, 0.15) is 12.1 Å². The van der Waals surface area contributed by atoms with Crippen molar-refractivity contribution in [3.63, 3.8) is 0 Å². The zero-order chi connectivity index (χ0) is 19.8. The molecule has 0 amide bonds. The zero-order valence-electron chi connectivity index (χ0n) is 16.1. The summed E-state index contributed by atoms with van der Waals surface area (Å²) in [7, 11) is 2.04. The molecule has 142 valence electrons. The van der Waals surface area contributed by atoms with Crippen molar-refractivity contribution in [1.29, 1.82) is 0 Å². The van der Waals surface area contributed by atoms with Gasteiger partial charge < -0.3 is 9.42 Å². The molecule has 0 fully saturated rings. The standard InChI is InChI=1S/C21H20BrN5O/c1-13-5-6-16(20-14(2)25-28-15(20)3)9-19(13)26(4)17-10-18(22)21(24-11-17)27-8-7-23-12-27/h5-12H,1-4H3. The lowest BCUT2D eigenvalue weighted by Gasteiger charge is -2.23. The van der Waals surface area contributed by atoms with Crippen LogP contribution in [0.5, 0.6) is 0 Å². The van der Waals surface area contributed by atoms with Crippen molar-refractivity contribution in [2.24, 2.45) is 0 Å². The molecule has 4 rings (SSSR count). The number of imidazole rings is 1. The van der Waals surface area contributed by atoms with Crippen LogP contribution in [0, 0.1) is 20.8 Å². The minimum absolute atomic E-state index is 0.802. The quantitative estimate of drug-likeness (QED) is 0.428. The largest absolute Gasteiger partial charge is 0.361 e. The Morgan fingerprint density at radius 1 is 1.14 bits per heavy atom. The van der Waals surface area contributed by atoms with Gasteiger partial charge in [-0.3, -0.25) is 4.57 Å². The van der Waals surface area contributed by atoms with E-state index in [0.717, 1.165) is 44.2 Å². The number of hydrogen-bond donors (Lipinski definition) is 0. The van der Waals surface area contributed by atoms with Gasteiger partial charge in [-0.05, 0) is 60.0 Å². The molecule has 0 bridgehead atoms. The fourth-order valence-corrected chi connectivity index (χ4v) is 3.88. The predicted molar refractivity (Wildman–Crippen MR) is 113 cm³/mol. The number of rotatable bonds is 4. The van der Waals surface area contributed by atoms with Crippen LogP contribution in [0.25, 0.3) is 16.9 Å². The lowest BCUT2D eigenvalue weighted by molar-refractivity contribution is 0.393. The second-order valence-corrected chi connectivity index (χ2v) is 7.58. The minimum atomic E-state index is 0.802. The summed E-state index contributed by atoms with van der Waals surface area (Å²) < 4.78 is 8.11. The van der Waals surface area contributed by atoms with Crippen LogP contribution >= 0.6 is 15.9 Å². The fourth-order valence-electron chi connectivity index (χ4n) is 3.34. The molecule has 28 heavy (non-hydrogen) atoms. The SMILES string of the molecule is Cc1ccc(-c2c(C)noc2C)cc1N(C)c1cnc(-n2ccnc2)c(Br)c1. The highest BCUT2D eigenvalue weighted by Crippen LogP contribution is 2.35. The minimum Gasteiger partial charge on any atom is -0.361 e. The number of nitrogens with zero attached hydrogens (tertiary/aromatic N) is 5. The van der Waals surface area contributed by atoms with E-state index in [1.807, 2.05) is 37.9 Å². The maximum atomic E-state index is 5.34. The predicted octanol–water partition coefficient (Wildman–Crippen LogP) is 5.38. The highest BCUT2D eigenvalue weighted by Gasteiger charge is 2.16. The lowest BCUT2D eigenvalue weighted by Crippen LogP contribution is -2.12. The maximum absolute atomic E-state index is 5.34. The number of anilines is 2. The third-order valence-corrected chi connectivity index (χ3v) is 5.42. The summed E-state index contributed by atoms with van der Waals surface area (Å²) in [6, 6.07) is 8.45. The summed E-state index contributed by atoms with van der Waals surface area (Å²) in [4.78, 5) is 10.8. The van der Waals surface area contributed by atoms with E-state index in [1.54, 1.807) is 12.5 Å². The molecule has 3 heterocycles. The molecule has 3 aromatic heterocycles. The van der Waals surface area contributed by atoms with E-state index in [2.05, 4.69) is 67.1 Å². The van der Waals surface area contributed by atoms with Gasteiger partial charge in [-0.15, -0.1) is 0 Å². The molecule has 0 radical (unpaired) electrons. The van der Waals surface area contributed by atoms with E-state index in [4.69, 9.17) is 4.52 Å². The van der Waals surface area contributed by atoms with Crippen LogP contribution in [-0.4, -0.2) is 26.7 Å². The van der Waals surface area contributed by atoms with E-state index in [1.165, 1.54) is 5.56 Å². The normalized spacial score (nSPS) is 11.0. The van der Waals surface area contributed by atoms with Crippen molar-refractivity contribution in [3.8, 4) is 16.9 Å². The molecule has 0 aliphatic carbocycles. The van der Waals surface area contributed by atoms with E-state index in [9.17, 15) is 0 Å². The summed E-state index contributed by atoms with van der Waals surface area (Å²) in [6.07, 6.45) is 7.20. The topological polar surface area (TPSA) is 60.0 Å². The number of hydrogen-bond acceptors (Lipinski definition) is 5. The van der Waals surface area contributed by atoms with Crippen molar-refractivity contribution < 1.29 is 4.52 Å². The number of aromatic nitrogens is 4. The highest BCUT2D eigenvalue weighted by atomic mass is 79.9. The van der Waals surface area contributed by atoms with E-state index >= 15 is 0 Å². The number of halogens is 1.